The molecule has 4 atom stereocenters. The molecular formula is C22H23FN6O. The van der Waals surface area contributed by atoms with Gasteiger partial charge in [-0.05, 0) is 43.9 Å². The number of alkyl halides is 1. The molecule has 2 aromatic heterocycles. The van der Waals surface area contributed by atoms with E-state index in [-0.39, 0.29) is 17.3 Å². The van der Waals surface area contributed by atoms with Crippen molar-refractivity contribution in [2.45, 2.75) is 43.6 Å². The summed E-state index contributed by atoms with van der Waals surface area (Å²) in [5.74, 6) is 0.433. The standard InChI is InChI=1S/C22H23FN6O/c1-21-5-6-22(2,28-21)19(23)17(10-21)29(3)20-25-12-16(26-27-20)15-8-13-4-7-24-11-14(13)9-18(15)30/h4-9,11-12,17,19,28,30H,10H2,1-3H3/t17-,19+,21-,22+/m0/s1. The lowest BCUT2D eigenvalue weighted by Crippen LogP contribution is -2.66. The summed E-state index contributed by atoms with van der Waals surface area (Å²) in [7, 11) is 1.80. The van der Waals surface area contributed by atoms with Gasteiger partial charge in [0.05, 0.1) is 17.8 Å². The summed E-state index contributed by atoms with van der Waals surface area (Å²) >= 11 is 0. The molecule has 0 amide bonds. The van der Waals surface area contributed by atoms with Gasteiger partial charge in [-0.25, -0.2) is 9.37 Å². The molecule has 0 aliphatic carbocycles. The van der Waals surface area contributed by atoms with E-state index in [0.29, 0.717) is 23.6 Å². The second kappa shape index (κ2) is 6.43. The molecule has 1 fully saturated rings. The highest BCUT2D eigenvalue weighted by molar-refractivity contribution is 5.89. The smallest absolute Gasteiger partial charge is 0.245 e. The van der Waals surface area contributed by atoms with Gasteiger partial charge < -0.3 is 10.0 Å². The summed E-state index contributed by atoms with van der Waals surface area (Å²) in [5.41, 5.74) is 0.0296. The predicted molar refractivity (Wildman–Crippen MR) is 113 cm³/mol. The van der Waals surface area contributed by atoms with Crippen LogP contribution in [0.4, 0.5) is 10.3 Å². The summed E-state index contributed by atoms with van der Waals surface area (Å²) in [6, 6.07) is 4.96. The molecule has 7 nitrogen and oxygen atoms in total. The topological polar surface area (TPSA) is 87.1 Å². The van der Waals surface area contributed by atoms with Crippen molar-refractivity contribution in [3.05, 3.63) is 48.9 Å². The van der Waals surface area contributed by atoms with E-state index in [1.54, 1.807) is 36.6 Å². The number of aromatic hydroxyl groups is 1. The third-order valence-electron chi connectivity index (χ3n) is 6.29. The van der Waals surface area contributed by atoms with Gasteiger partial charge in [0.15, 0.2) is 0 Å². The zero-order valence-electron chi connectivity index (χ0n) is 17.0. The molecule has 0 spiro atoms. The number of fused-ring (bicyclic) bond motifs is 3. The minimum Gasteiger partial charge on any atom is -0.507 e. The Kier molecular flexibility index (Phi) is 4.05. The number of halogens is 1. The summed E-state index contributed by atoms with van der Waals surface area (Å²) in [6.45, 7) is 3.95. The monoisotopic (exact) mass is 406 g/mol. The Morgan fingerprint density at radius 3 is 2.77 bits per heavy atom. The van der Waals surface area contributed by atoms with Gasteiger partial charge in [-0.1, -0.05) is 12.2 Å². The third kappa shape index (κ3) is 2.90. The van der Waals surface area contributed by atoms with Gasteiger partial charge in [-0.15, -0.1) is 10.2 Å². The van der Waals surface area contributed by atoms with Crippen LogP contribution in [0.2, 0.25) is 0 Å². The van der Waals surface area contributed by atoms with Gasteiger partial charge in [0.2, 0.25) is 5.95 Å². The van der Waals surface area contributed by atoms with Crippen LogP contribution in [0.25, 0.3) is 22.0 Å². The van der Waals surface area contributed by atoms with E-state index in [4.69, 9.17) is 0 Å². The quantitative estimate of drug-likeness (QED) is 0.647. The van der Waals surface area contributed by atoms with Crippen LogP contribution in [0.5, 0.6) is 5.75 Å². The van der Waals surface area contributed by atoms with Crippen LogP contribution >= 0.6 is 0 Å². The molecule has 1 aromatic carbocycles. The maximum absolute atomic E-state index is 15.3. The molecule has 4 heterocycles. The van der Waals surface area contributed by atoms with Gasteiger partial charge in [0.25, 0.3) is 0 Å². The zero-order chi connectivity index (χ0) is 21.1. The fourth-order valence-corrected chi connectivity index (χ4v) is 4.64. The molecule has 0 unspecified atom stereocenters. The lowest BCUT2D eigenvalue weighted by atomic mass is 9.81. The number of nitrogens with one attached hydrogen (secondary N) is 1. The van der Waals surface area contributed by atoms with E-state index in [9.17, 15) is 5.11 Å². The highest BCUT2D eigenvalue weighted by Crippen LogP contribution is 2.41. The maximum atomic E-state index is 15.3. The molecule has 2 aliphatic rings. The second-order valence-corrected chi connectivity index (χ2v) is 8.68. The number of phenolic OH excluding ortho intramolecular Hbond substituents is 1. The Hall–Kier alpha value is -3.13. The molecule has 30 heavy (non-hydrogen) atoms. The minimum atomic E-state index is -1.12. The van der Waals surface area contributed by atoms with Gasteiger partial charge in [0.1, 0.15) is 17.6 Å². The number of hydrogen-bond donors (Lipinski definition) is 2. The molecule has 2 bridgehead atoms. The molecule has 1 saturated heterocycles. The van der Waals surface area contributed by atoms with Crippen LogP contribution in [0, 0.1) is 0 Å². The Bertz CT molecular complexity index is 1150. The number of piperidine rings is 1. The Morgan fingerprint density at radius 2 is 2.00 bits per heavy atom. The Balaban J connectivity index is 1.44. The molecule has 0 radical (unpaired) electrons. The van der Waals surface area contributed by atoms with Crippen molar-refractivity contribution in [1.29, 1.82) is 0 Å². The van der Waals surface area contributed by atoms with Gasteiger partial charge in [-0.2, -0.15) is 0 Å². The first-order valence-corrected chi connectivity index (χ1v) is 9.91. The van der Waals surface area contributed by atoms with E-state index in [0.717, 1.165) is 10.8 Å². The minimum absolute atomic E-state index is 0.0818. The first-order valence-electron chi connectivity index (χ1n) is 9.91. The Labute approximate surface area is 173 Å². The highest BCUT2D eigenvalue weighted by atomic mass is 19.1. The molecular weight excluding hydrogens is 383 g/mol. The number of hydrogen-bond acceptors (Lipinski definition) is 7. The van der Waals surface area contributed by atoms with Crippen LogP contribution in [0.15, 0.2) is 48.9 Å². The number of rotatable bonds is 3. The van der Waals surface area contributed by atoms with E-state index >= 15 is 4.39 Å². The average Bonchev–Trinajstić information content (AvgIpc) is 3.02. The fraction of sp³-hybridized carbons (Fsp3) is 0.364. The average molecular weight is 406 g/mol. The van der Waals surface area contributed by atoms with Crippen LogP contribution < -0.4 is 10.2 Å². The Morgan fingerprint density at radius 1 is 1.17 bits per heavy atom. The van der Waals surface area contributed by atoms with Crippen molar-refractivity contribution in [2.75, 3.05) is 11.9 Å². The highest BCUT2D eigenvalue weighted by Gasteiger charge is 2.53. The first kappa shape index (κ1) is 18.9. The van der Waals surface area contributed by atoms with E-state index < -0.39 is 11.7 Å². The van der Waals surface area contributed by atoms with Crippen molar-refractivity contribution in [3.63, 3.8) is 0 Å². The number of aromatic nitrogens is 4. The van der Waals surface area contributed by atoms with Crippen LogP contribution in [-0.2, 0) is 0 Å². The summed E-state index contributed by atoms with van der Waals surface area (Å²) in [5, 5.41) is 24.0. The summed E-state index contributed by atoms with van der Waals surface area (Å²) in [6.07, 6.45) is 8.40. The van der Waals surface area contributed by atoms with Crippen molar-refractivity contribution >= 4 is 16.7 Å². The van der Waals surface area contributed by atoms with Crippen molar-refractivity contribution in [1.82, 2.24) is 25.5 Å². The van der Waals surface area contributed by atoms with Crippen LogP contribution in [0.1, 0.15) is 20.3 Å². The molecule has 154 valence electrons. The largest absolute Gasteiger partial charge is 0.507 e. The van der Waals surface area contributed by atoms with E-state index in [1.807, 2.05) is 31.2 Å². The van der Waals surface area contributed by atoms with Crippen LogP contribution in [-0.4, -0.2) is 55.6 Å². The molecule has 2 aliphatic heterocycles. The molecule has 2 N–H and O–H groups in total. The maximum Gasteiger partial charge on any atom is 0.245 e. The van der Waals surface area contributed by atoms with Crippen LogP contribution in [0.3, 0.4) is 0 Å². The van der Waals surface area contributed by atoms with Crippen molar-refractivity contribution in [3.8, 4) is 17.0 Å². The molecule has 8 heteroatoms. The number of pyridine rings is 1. The summed E-state index contributed by atoms with van der Waals surface area (Å²) in [4.78, 5) is 10.3. The van der Waals surface area contributed by atoms with E-state index in [2.05, 4.69) is 32.4 Å². The fourth-order valence-electron chi connectivity index (χ4n) is 4.64. The molecule has 5 rings (SSSR count). The first-order chi connectivity index (χ1) is 14.3. The lowest BCUT2D eigenvalue weighted by Gasteiger charge is -2.47. The normalized spacial score (nSPS) is 30.0. The SMILES string of the molecule is CN(c1ncc(-c2cc3ccncc3cc2O)nn1)[C@H]1C[C@]2(C)C=C[C@@](C)(N2)[C@@H]1F. The number of nitrogens with zero attached hydrogens (tertiary/aromatic N) is 5. The van der Waals surface area contributed by atoms with E-state index in [1.165, 1.54) is 0 Å². The predicted octanol–water partition coefficient (Wildman–Crippen LogP) is 3.02. The second-order valence-electron chi connectivity index (χ2n) is 8.68. The van der Waals surface area contributed by atoms with Gasteiger partial charge >= 0.3 is 0 Å². The summed E-state index contributed by atoms with van der Waals surface area (Å²) < 4.78 is 15.3. The number of benzene rings is 1. The van der Waals surface area contributed by atoms with Gasteiger partial charge in [-0.3, -0.25) is 10.3 Å². The van der Waals surface area contributed by atoms with Crippen molar-refractivity contribution < 1.29 is 9.50 Å². The van der Waals surface area contributed by atoms with Crippen molar-refractivity contribution in [2.24, 2.45) is 0 Å². The number of phenols is 1. The zero-order valence-corrected chi connectivity index (χ0v) is 17.0. The number of anilines is 1. The lowest BCUT2D eigenvalue weighted by molar-refractivity contribution is 0.0999. The molecule has 3 aromatic rings. The third-order valence-corrected chi connectivity index (χ3v) is 6.29. The van der Waals surface area contributed by atoms with Gasteiger partial charge in [0, 0.05) is 35.9 Å². The molecule has 0 saturated carbocycles.